The summed E-state index contributed by atoms with van der Waals surface area (Å²) in [4.78, 5) is 0. The highest BCUT2D eigenvalue weighted by Gasteiger charge is 2.50. The van der Waals surface area contributed by atoms with E-state index in [0.717, 1.165) is 25.7 Å². The van der Waals surface area contributed by atoms with Crippen molar-refractivity contribution in [3.63, 3.8) is 0 Å². The molecule has 2 fully saturated rings. The summed E-state index contributed by atoms with van der Waals surface area (Å²) in [7, 11) is 1.51. The minimum absolute atomic E-state index is 0.0280. The Morgan fingerprint density at radius 1 is 0.589 bits per heavy atom. The normalized spacial score (nSPS) is 29.1. The van der Waals surface area contributed by atoms with Crippen molar-refractivity contribution in [2.75, 3.05) is 40.1 Å². The van der Waals surface area contributed by atoms with Crippen LogP contribution in [-0.4, -0.2) is 143 Å². The van der Waals surface area contributed by atoms with Crippen molar-refractivity contribution in [1.82, 2.24) is 0 Å². The zero-order valence-electron chi connectivity index (χ0n) is 32.2. The molecule has 1 unspecified atom stereocenters. The van der Waals surface area contributed by atoms with E-state index in [4.69, 9.17) is 28.4 Å². The standard InChI is InChI=1S/C43H60O13/c1-51-30(25-53-42-40(50)38(48)41(33(23-45)55-42)56-43-39(49)37(47)36(46)32(22-44)54-43)24-52-21-10-8-6-4-2-3-5-7-9-12-26-15-16-29-18-17-27-13-11-14-28-19-20-31(26)35(29)34(27)28/h11,13-20,30,32-33,36-50H,2-10,12,21-25H2,1H3/t30?,32-,33-,36+,37+,38-,39-,40-,41-,42-,43+/m1/s1. The second-order valence-corrected chi connectivity index (χ2v) is 15.3. The van der Waals surface area contributed by atoms with Crippen molar-refractivity contribution < 1.29 is 64.2 Å². The van der Waals surface area contributed by atoms with E-state index in [-0.39, 0.29) is 13.2 Å². The van der Waals surface area contributed by atoms with Crippen LogP contribution in [0.15, 0.2) is 54.6 Å². The van der Waals surface area contributed by atoms with Crippen molar-refractivity contribution in [3.8, 4) is 0 Å². The lowest BCUT2D eigenvalue weighted by atomic mass is 9.90. The first-order valence-corrected chi connectivity index (χ1v) is 20.2. The molecule has 0 saturated carbocycles. The number of aryl methyl sites for hydroxylation is 1. The molecule has 4 aromatic carbocycles. The molecule has 0 bridgehead atoms. The topological polar surface area (TPSA) is 197 Å². The van der Waals surface area contributed by atoms with Crippen molar-refractivity contribution in [3.05, 3.63) is 60.2 Å². The van der Waals surface area contributed by atoms with Gasteiger partial charge in [0.15, 0.2) is 12.6 Å². The summed E-state index contributed by atoms with van der Waals surface area (Å²) >= 11 is 0. The number of methoxy groups -OCH3 is 1. The van der Waals surface area contributed by atoms with Crippen molar-refractivity contribution >= 4 is 32.3 Å². The molecule has 0 amide bonds. The highest BCUT2D eigenvalue weighted by atomic mass is 16.7. The fourth-order valence-electron chi connectivity index (χ4n) is 8.06. The smallest absolute Gasteiger partial charge is 0.187 e. The predicted octanol–water partition coefficient (Wildman–Crippen LogP) is 3.31. The Morgan fingerprint density at radius 3 is 1.86 bits per heavy atom. The van der Waals surface area contributed by atoms with Crippen LogP contribution in [0.25, 0.3) is 32.3 Å². The van der Waals surface area contributed by atoms with Crippen molar-refractivity contribution in [2.45, 2.75) is 132 Å². The molecular weight excluding hydrogens is 724 g/mol. The summed E-state index contributed by atoms with van der Waals surface area (Å²) < 4.78 is 33.6. The van der Waals surface area contributed by atoms with Gasteiger partial charge in [0.05, 0.1) is 26.4 Å². The van der Waals surface area contributed by atoms with E-state index in [9.17, 15) is 35.7 Å². The lowest BCUT2D eigenvalue weighted by Crippen LogP contribution is -2.64. The number of benzene rings is 4. The molecule has 0 spiro atoms. The number of rotatable bonds is 22. The quantitative estimate of drug-likeness (QED) is 0.0454. The molecule has 13 heteroatoms. The zero-order chi connectivity index (χ0) is 39.6. The van der Waals surface area contributed by atoms with Crippen LogP contribution in [0, 0.1) is 0 Å². The second kappa shape index (κ2) is 20.9. The molecule has 2 heterocycles. The Balaban J connectivity index is 0.809. The SMILES string of the molecule is COC(COCCCCCCCCCCCc1ccc2ccc3cccc4ccc1c2c34)CO[C@@H]1O[C@H](CO)[C@@H](O[C@@H]2O[C@H](CO)[C@H](O)[C@H](O)[C@H]2O)[C@H](O)[C@H]1O. The van der Waals surface area contributed by atoms with Gasteiger partial charge < -0.3 is 64.2 Å². The van der Waals surface area contributed by atoms with Gasteiger partial charge in [0, 0.05) is 13.7 Å². The first-order chi connectivity index (χ1) is 27.2. The van der Waals surface area contributed by atoms with E-state index < -0.39 is 80.7 Å². The number of aliphatic hydroxyl groups excluding tert-OH is 7. The first kappa shape index (κ1) is 43.0. The van der Waals surface area contributed by atoms with Gasteiger partial charge in [-0.1, -0.05) is 99.5 Å². The number of hydrogen-bond acceptors (Lipinski definition) is 13. The average molecular weight is 785 g/mol. The van der Waals surface area contributed by atoms with Gasteiger partial charge in [-0.15, -0.1) is 0 Å². The van der Waals surface area contributed by atoms with Gasteiger partial charge in [-0.2, -0.15) is 0 Å². The Kier molecular flexibility index (Phi) is 16.0. The third-order valence-electron chi connectivity index (χ3n) is 11.4. The lowest BCUT2D eigenvalue weighted by molar-refractivity contribution is -0.360. The summed E-state index contributed by atoms with van der Waals surface area (Å²) in [6, 6.07) is 20.2. The van der Waals surface area contributed by atoms with E-state index in [2.05, 4.69) is 54.6 Å². The molecule has 7 N–H and O–H groups in total. The summed E-state index contributed by atoms with van der Waals surface area (Å²) in [5, 5.41) is 79.4. The Bertz CT molecular complexity index is 1740. The molecule has 0 aromatic heterocycles. The summed E-state index contributed by atoms with van der Waals surface area (Å²) in [6.07, 6.45) is -3.87. The number of aliphatic hydroxyl groups is 7. The fraction of sp³-hybridized carbons (Fsp3) is 0.628. The molecule has 6 rings (SSSR count). The zero-order valence-corrected chi connectivity index (χ0v) is 32.2. The average Bonchev–Trinajstić information content (AvgIpc) is 3.22. The number of ether oxygens (including phenoxy) is 6. The van der Waals surface area contributed by atoms with E-state index >= 15 is 0 Å². The minimum Gasteiger partial charge on any atom is -0.394 e. The van der Waals surface area contributed by atoms with Crippen LogP contribution >= 0.6 is 0 Å². The molecule has 11 atom stereocenters. The molecular formula is C43H60O13. The van der Waals surface area contributed by atoms with Gasteiger partial charge >= 0.3 is 0 Å². The predicted molar refractivity (Wildman–Crippen MR) is 209 cm³/mol. The molecule has 4 aromatic rings. The van der Waals surface area contributed by atoms with E-state index in [0.29, 0.717) is 6.61 Å². The maximum Gasteiger partial charge on any atom is 0.187 e. The molecule has 2 aliphatic rings. The van der Waals surface area contributed by atoms with E-state index in [1.54, 1.807) is 0 Å². The van der Waals surface area contributed by atoms with Crippen LogP contribution in [0.5, 0.6) is 0 Å². The van der Waals surface area contributed by atoms with Crippen LogP contribution in [0.3, 0.4) is 0 Å². The molecule has 0 radical (unpaired) electrons. The van der Waals surface area contributed by atoms with Gasteiger partial charge in [-0.25, -0.2) is 0 Å². The Morgan fingerprint density at radius 2 is 1.18 bits per heavy atom. The van der Waals surface area contributed by atoms with Crippen LogP contribution in [0.4, 0.5) is 0 Å². The fourth-order valence-corrected chi connectivity index (χ4v) is 8.06. The van der Waals surface area contributed by atoms with Gasteiger partial charge in [0.1, 0.15) is 54.9 Å². The van der Waals surface area contributed by atoms with Crippen LogP contribution in [0.1, 0.15) is 63.4 Å². The van der Waals surface area contributed by atoms with Gasteiger partial charge in [0.25, 0.3) is 0 Å². The third kappa shape index (κ3) is 10.2. The minimum atomic E-state index is -1.74. The Labute approximate surface area is 328 Å². The number of unbranched alkanes of at least 4 members (excludes halogenated alkanes) is 8. The largest absolute Gasteiger partial charge is 0.394 e. The van der Waals surface area contributed by atoms with E-state index in [1.807, 2.05) is 0 Å². The maximum absolute atomic E-state index is 10.8. The van der Waals surface area contributed by atoms with Crippen LogP contribution in [-0.2, 0) is 34.8 Å². The summed E-state index contributed by atoms with van der Waals surface area (Å²) in [6.45, 7) is -0.517. The summed E-state index contributed by atoms with van der Waals surface area (Å²) in [5.41, 5.74) is 1.45. The monoisotopic (exact) mass is 784 g/mol. The van der Waals surface area contributed by atoms with Crippen molar-refractivity contribution in [1.29, 1.82) is 0 Å². The van der Waals surface area contributed by atoms with Gasteiger partial charge in [-0.05, 0) is 57.1 Å². The first-order valence-electron chi connectivity index (χ1n) is 20.2. The molecule has 2 aliphatic heterocycles. The molecule has 2 saturated heterocycles. The third-order valence-corrected chi connectivity index (χ3v) is 11.4. The van der Waals surface area contributed by atoms with Gasteiger partial charge in [-0.3, -0.25) is 0 Å². The lowest BCUT2D eigenvalue weighted by Gasteiger charge is -2.46. The second-order valence-electron chi connectivity index (χ2n) is 15.3. The molecule has 13 nitrogen and oxygen atoms in total. The van der Waals surface area contributed by atoms with Crippen LogP contribution in [0.2, 0.25) is 0 Å². The van der Waals surface area contributed by atoms with Crippen LogP contribution < -0.4 is 0 Å². The Hall–Kier alpha value is -2.60. The molecule has 56 heavy (non-hydrogen) atoms. The highest BCUT2D eigenvalue weighted by molar-refractivity contribution is 6.23. The van der Waals surface area contributed by atoms with Gasteiger partial charge in [0.2, 0.25) is 0 Å². The molecule has 0 aliphatic carbocycles. The summed E-state index contributed by atoms with van der Waals surface area (Å²) in [5.74, 6) is 0. The maximum atomic E-state index is 10.8. The van der Waals surface area contributed by atoms with Crippen molar-refractivity contribution in [2.24, 2.45) is 0 Å². The van der Waals surface area contributed by atoms with E-state index in [1.165, 1.54) is 83.5 Å². The highest BCUT2D eigenvalue weighted by Crippen LogP contribution is 2.36. The number of hydrogen-bond donors (Lipinski definition) is 7. The molecule has 310 valence electrons.